The summed E-state index contributed by atoms with van der Waals surface area (Å²) in [7, 11) is 0. The van der Waals surface area contributed by atoms with Gasteiger partial charge in [-0.15, -0.1) is 6.58 Å². The largest absolute Gasteiger partial charge is 0.481 e. The third-order valence-corrected chi connectivity index (χ3v) is 2.69. The Morgan fingerprint density at radius 1 is 1.35 bits per heavy atom. The van der Waals surface area contributed by atoms with Crippen molar-refractivity contribution in [3.63, 3.8) is 0 Å². The Bertz CT molecular complexity index is 467. The molecular formula is C15H19NO4. The van der Waals surface area contributed by atoms with Gasteiger partial charge < -0.3 is 14.7 Å². The van der Waals surface area contributed by atoms with Crippen LogP contribution in [0.1, 0.15) is 23.7 Å². The molecule has 0 atom stereocenters. The maximum atomic E-state index is 11.5. The number of hydrogen-bond donors (Lipinski definition) is 1. The summed E-state index contributed by atoms with van der Waals surface area (Å²) in [5, 5.41) is 8.74. The average Bonchev–Trinajstić information content (AvgIpc) is 2.44. The number of carboxylic acids is 1. The molecule has 1 N–H and O–H groups in total. The van der Waals surface area contributed by atoms with Gasteiger partial charge in [-0.05, 0) is 31.2 Å². The van der Waals surface area contributed by atoms with Crippen molar-refractivity contribution in [2.75, 3.05) is 24.6 Å². The number of carboxylic acid groups (broad SMARTS) is 1. The zero-order valence-electron chi connectivity index (χ0n) is 11.5. The van der Waals surface area contributed by atoms with Crippen LogP contribution in [0.5, 0.6) is 0 Å². The van der Waals surface area contributed by atoms with Crippen LogP contribution in [-0.2, 0) is 9.53 Å². The highest BCUT2D eigenvalue weighted by Gasteiger charge is 2.10. The first-order valence-electron chi connectivity index (χ1n) is 6.43. The molecule has 1 rings (SSSR count). The van der Waals surface area contributed by atoms with Gasteiger partial charge in [0.2, 0.25) is 0 Å². The van der Waals surface area contributed by atoms with E-state index < -0.39 is 5.97 Å². The molecule has 0 saturated heterocycles. The fraction of sp³-hybridized carbons (Fsp3) is 0.333. The Balaban J connectivity index is 2.79. The molecule has 108 valence electrons. The van der Waals surface area contributed by atoms with Crippen LogP contribution < -0.4 is 4.90 Å². The van der Waals surface area contributed by atoms with Crippen LogP contribution in [0.4, 0.5) is 5.69 Å². The number of carbonyl (C=O) groups excluding carboxylic acids is 1. The van der Waals surface area contributed by atoms with Crippen LogP contribution in [0.15, 0.2) is 36.9 Å². The van der Waals surface area contributed by atoms with Crippen molar-refractivity contribution >= 4 is 17.6 Å². The minimum atomic E-state index is -0.845. The van der Waals surface area contributed by atoms with Gasteiger partial charge in [0, 0.05) is 18.8 Å². The van der Waals surface area contributed by atoms with Crippen molar-refractivity contribution in [2.24, 2.45) is 0 Å². The zero-order valence-corrected chi connectivity index (χ0v) is 11.5. The normalized spacial score (nSPS) is 9.85. The molecule has 1 aromatic rings. The fourth-order valence-corrected chi connectivity index (χ4v) is 1.73. The number of nitrogens with zero attached hydrogens (tertiary/aromatic N) is 1. The summed E-state index contributed by atoms with van der Waals surface area (Å²) in [5.74, 6) is -1.21. The van der Waals surface area contributed by atoms with Crippen LogP contribution >= 0.6 is 0 Å². The van der Waals surface area contributed by atoms with E-state index in [4.69, 9.17) is 9.84 Å². The number of carbonyl (C=O) groups is 2. The first-order chi connectivity index (χ1) is 9.58. The summed E-state index contributed by atoms with van der Waals surface area (Å²) >= 11 is 0. The number of aliphatic carboxylic acids is 1. The van der Waals surface area contributed by atoms with Crippen molar-refractivity contribution in [1.29, 1.82) is 0 Å². The maximum Gasteiger partial charge on any atom is 0.338 e. The Kier molecular flexibility index (Phi) is 6.29. The molecule has 20 heavy (non-hydrogen) atoms. The molecule has 0 radical (unpaired) electrons. The van der Waals surface area contributed by atoms with E-state index in [1.54, 1.807) is 37.3 Å². The minimum absolute atomic E-state index is 0.0491. The molecular weight excluding hydrogens is 258 g/mol. The summed E-state index contributed by atoms with van der Waals surface area (Å²) in [4.78, 5) is 24.1. The van der Waals surface area contributed by atoms with Gasteiger partial charge in [0.05, 0.1) is 18.6 Å². The first-order valence-corrected chi connectivity index (χ1v) is 6.43. The molecule has 0 bridgehead atoms. The maximum absolute atomic E-state index is 11.5. The third kappa shape index (κ3) is 4.76. The number of anilines is 1. The molecule has 1 aromatic carbocycles. The van der Waals surface area contributed by atoms with Crippen molar-refractivity contribution in [1.82, 2.24) is 0 Å². The molecule has 5 nitrogen and oxygen atoms in total. The predicted octanol–water partition coefficient (Wildman–Crippen LogP) is 2.33. The minimum Gasteiger partial charge on any atom is -0.481 e. The van der Waals surface area contributed by atoms with Crippen LogP contribution in [0.3, 0.4) is 0 Å². The van der Waals surface area contributed by atoms with Gasteiger partial charge in [-0.1, -0.05) is 6.08 Å². The van der Waals surface area contributed by atoms with E-state index in [1.807, 2.05) is 4.90 Å². The van der Waals surface area contributed by atoms with Crippen LogP contribution in [0.25, 0.3) is 0 Å². The highest BCUT2D eigenvalue weighted by atomic mass is 16.5. The third-order valence-electron chi connectivity index (χ3n) is 2.69. The van der Waals surface area contributed by atoms with Gasteiger partial charge in [-0.2, -0.15) is 0 Å². The fourth-order valence-electron chi connectivity index (χ4n) is 1.73. The number of benzene rings is 1. The average molecular weight is 277 g/mol. The summed E-state index contributed by atoms with van der Waals surface area (Å²) in [6.45, 7) is 6.69. The molecule has 5 heteroatoms. The Hall–Kier alpha value is -2.30. The lowest BCUT2D eigenvalue weighted by atomic mass is 10.2. The van der Waals surface area contributed by atoms with E-state index in [-0.39, 0.29) is 12.4 Å². The molecule has 0 saturated carbocycles. The predicted molar refractivity (Wildman–Crippen MR) is 77.1 cm³/mol. The van der Waals surface area contributed by atoms with Gasteiger partial charge in [0.1, 0.15) is 0 Å². The van der Waals surface area contributed by atoms with Gasteiger partial charge in [0.25, 0.3) is 0 Å². The molecule has 0 spiro atoms. The van der Waals surface area contributed by atoms with Crippen LogP contribution in [0.2, 0.25) is 0 Å². The smallest absolute Gasteiger partial charge is 0.338 e. The second-order valence-electron chi connectivity index (χ2n) is 4.15. The van der Waals surface area contributed by atoms with Gasteiger partial charge in [-0.3, -0.25) is 4.79 Å². The van der Waals surface area contributed by atoms with Crippen molar-refractivity contribution in [2.45, 2.75) is 13.3 Å². The van der Waals surface area contributed by atoms with E-state index in [0.29, 0.717) is 25.3 Å². The summed E-state index contributed by atoms with van der Waals surface area (Å²) in [5.41, 5.74) is 1.33. The quantitative estimate of drug-likeness (QED) is 0.583. The summed E-state index contributed by atoms with van der Waals surface area (Å²) in [6, 6.07) is 6.89. The van der Waals surface area contributed by atoms with E-state index >= 15 is 0 Å². The molecule has 0 heterocycles. The van der Waals surface area contributed by atoms with E-state index in [2.05, 4.69) is 6.58 Å². The monoisotopic (exact) mass is 277 g/mol. The van der Waals surface area contributed by atoms with Crippen LogP contribution in [-0.4, -0.2) is 36.7 Å². The van der Waals surface area contributed by atoms with Crippen LogP contribution in [0, 0.1) is 0 Å². The number of ether oxygens (including phenoxy) is 1. The molecule has 0 amide bonds. The number of hydrogen-bond acceptors (Lipinski definition) is 4. The Morgan fingerprint density at radius 3 is 2.50 bits per heavy atom. The molecule has 0 aromatic heterocycles. The second-order valence-corrected chi connectivity index (χ2v) is 4.15. The highest BCUT2D eigenvalue weighted by Crippen LogP contribution is 2.16. The first kappa shape index (κ1) is 15.8. The van der Waals surface area contributed by atoms with Gasteiger partial charge in [-0.25, -0.2) is 4.79 Å². The lowest BCUT2D eigenvalue weighted by Gasteiger charge is -2.22. The van der Waals surface area contributed by atoms with Gasteiger partial charge >= 0.3 is 11.9 Å². The molecule has 0 unspecified atom stereocenters. The van der Waals surface area contributed by atoms with E-state index in [0.717, 1.165) is 5.69 Å². The SMILES string of the molecule is C=CCN(CCC(=O)O)c1ccc(C(=O)OCC)cc1. The number of rotatable bonds is 8. The zero-order chi connectivity index (χ0) is 15.0. The van der Waals surface area contributed by atoms with E-state index in [9.17, 15) is 9.59 Å². The lowest BCUT2D eigenvalue weighted by Crippen LogP contribution is -2.26. The molecule has 0 fully saturated rings. The topological polar surface area (TPSA) is 66.8 Å². The second kappa shape index (κ2) is 7.99. The number of esters is 1. The Labute approximate surface area is 118 Å². The van der Waals surface area contributed by atoms with Gasteiger partial charge in [0.15, 0.2) is 0 Å². The molecule has 0 aliphatic carbocycles. The van der Waals surface area contributed by atoms with Crippen molar-refractivity contribution in [3.8, 4) is 0 Å². The standard InChI is InChI=1S/C15H19NO4/c1-3-10-16(11-9-14(17)18)13-7-5-12(6-8-13)15(19)20-4-2/h3,5-8H,1,4,9-11H2,2H3,(H,17,18). The van der Waals surface area contributed by atoms with Crippen molar-refractivity contribution in [3.05, 3.63) is 42.5 Å². The lowest BCUT2D eigenvalue weighted by molar-refractivity contribution is -0.136. The molecule has 0 aliphatic heterocycles. The molecule has 0 aliphatic rings. The van der Waals surface area contributed by atoms with Crippen molar-refractivity contribution < 1.29 is 19.4 Å². The highest BCUT2D eigenvalue weighted by molar-refractivity contribution is 5.89. The summed E-state index contributed by atoms with van der Waals surface area (Å²) in [6.07, 6.45) is 1.76. The Morgan fingerprint density at radius 2 is 2.00 bits per heavy atom. The summed E-state index contributed by atoms with van der Waals surface area (Å²) < 4.78 is 4.91. The van der Waals surface area contributed by atoms with E-state index in [1.165, 1.54) is 0 Å².